The van der Waals surface area contributed by atoms with E-state index in [1.165, 1.54) is 0 Å². The van der Waals surface area contributed by atoms with Crippen molar-refractivity contribution < 1.29 is 9.53 Å². The lowest BCUT2D eigenvalue weighted by atomic mass is 10.1. The van der Waals surface area contributed by atoms with Crippen molar-refractivity contribution >= 4 is 5.91 Å². The number of amides is 1. The number of rotatable bonds is 6. The standard InChI is InChI=1S/C19H23N5O2/c1-5-24-11-16(13(3)23-24)12(2)20-19(25)18-10-17(21-22-18)14-7-6-8-15(9-14)26-4/h6-12H,5H2,1-4H3,(H,20,25)(H,21,22). The molecule has 0 fully saturated rings. The average Bonchev–Trinajstić information content (AvgIpc) is 3.28. The minimum Gasteiger partial charge on any atom is -0.497 e. The first kappa shape index (κ1) is 17.7. The van der Waals surface area contributed by atoms with Crippen LogP contribution in [-0.2, 0) is 6.54 Å². The molecule has 136 valence electrons. The zero-order valence-corrected chi connectivity index (χ0v) is 15.4. The first-order valence-electron chi connectivity index (χ1n) is 8.56. The van der Waals surface area contributed by atoms with E-state index in [2.05, 4.69) is 20.6 Å². The first-order valence-corrected chi connectivity index (χ1v) is 8.56. The maximum Gasteiger partial charge on any atom is 0.269 e. The van der Waals surface area contributed by atoms with Crippen LogP contribution in [0.4, 0.5) is 0 Å². The van der Waals surface area contributed by atoms with E-state index in [0.29, 0.717) is 11.4 Å². The van der Waals surface area contributed by atoms with E-state index in [0.717, 1.165) is 29.1 Å². The van der Waals surface area contributed by atoms with Crippen LogP contribution in [-0.4, -0.2) is 33.0 Å². The molecule has 1 amide bonds. The topological polar surface area (TPSA) is 84.8 Å². The highest BCUT2D eigenvalue weighted by molar-refractivity contribution is 5.93. The molecule has 1 atom stereocenters. The molecule has 7 heteroatoms. The van der Waals surface area contributed by atoms with Crippen molar-refractivity contribution in [3.8, 4) is 17.0 Å². The van der Waals surface area contributed by atoms with Gasteiger partial charge in [0, 0.05) is 23.9 Å². The molecular formula is C19H23N5O2. The summed E-state index contributed by atoms with van der Waals surface area (Å²) < 4.78 is 7.09. The van der Waals surface area contributed by atoms with Crippen molar-refractivity contribution in [2.24, 2.45) is 0 Å². The van der Waals surface area contributed by atoms with E-state index in [1.807, 2.05) is 55.9 Å². The van der Waals surface area contributed by atoms with Gasteiger partial charge in [0.2, 0.25) is 0 Å². The molecule has 0 aliphatic rings. The van der Waals surface area contributed by atoms with E-state index in [9.17, 15) is 4.79 Å². The van der Waals surface area contributed by atoms with Crippen molar-refractivity contribution in [1.29, 1.82) is 0 Å². The number of carbonyl (C=O) groups excluding carboxylic acids is 1. The Balaban J connectivity index is 1.74. The molecule has 2 aromatic heterocycles. The van der Waals surface area contributed by atoms with E-state index < -0.39 is 0 Å². The molecule has 0 spiro atoms. The molecule has 2 heterocycles. The minimum atomic E-state index is -0.206. The zero-order valence-electron chi connectivity index (χ0n) is 15.4. The number of hydrogen-bond donors (Lipinski definition) is 2. The Morgan fingerprint density at radius 2 is 2.19 bits per heavy atom. The van der Waals surface area contributed by atoms with Crippen LogP contribution in [0.3, 0.4) is 0 Å². The second-order valence-electron chi connectivity index (χ2n) is 6.12. The first-order chi connectivity index (χ1) is 12.5. The molecule has 7 nitrogen and oxygen atoms in total. The fourth-order valence-electron chi connectivity index (χ4n) is 2.84. The van der Waals surface area contributed by atoms with E-state index in [4.69, 9.17) is 4.74 Å². The molecule has 0 saturated carbocycles. The minimum absolute atomic E-state index is 0.147. The quantitative estimate of drug-likeness (QED) is 0.713. The molecule has 0 saturated heterocycles. The summed E-state index contributed by atoms with van der Waals surface area (Å²) in [4.78, 5) is 12.5. The number of aromatic amines is 1. The van der Waals surface area contributed by atoms with Gasteiger partial charge in [-0.05, 0) is 39.0 Å². The van der Waals surface area contributed by atoms with Crippen molar-refractivity contribution in [2.75, 3.05) is 7.11 Å². The summed E-state index contributed by atoms with van der Waals surface area (Å²) in [5.74, 6) is 0.538. The van der Waals surface area contributed by atoms with Gasteiger partial charge in [-0.1, -0.05) is 12.1 Å². The highest BCUT2D eigenvalue weighted by Crippen LogP contribution is 2.23. The third kappa shape index (κ3) is 3.61. The predicted molar refractivity (Wildman–Crippen MR) is 99.1 cm³/mol. The average molecular weight is 353 g/mol. The SMILES string of the molecule is CCn1cc(C(C)NC(=O)c2cc(-c3cccc(OC)c3)n[nH]2)c(C)n1. The Morgan fingerprint density at radius 3 is 2.88 bits per heavy atom. The predicted octanol–water partition coefficient (Wildman–Crippen LogP) is 3.10. The molecule has 1 aromatic carbocycles. The Labute approximate surface area is 152 Å². The number of hydrogen-bond acceptors (Lipinski definition) is 4. The molecule has 0 radical (unpaired) electrons. The Morgan fingerprint density at radius 1 is 1.38 bits per heavy atom. The van der Waals surface area contributed by atoms with Crippen LogP contribution in [0.25, 0.3) is 11.3 Å². The van der Waals surface area contributed by atoms with Crippen LogP contribution < -0.4 is 10.1 Å². The monoisotopic (exact) mass is 353 g/mol. The third-order valence-corrected chi connectivity index (χ3v) is 4.31. The molecule has 0 bridgehead atoms. The maximum absolute atomic E-state index is 12.5. The molecule has 0 aliphatic heterocycles. The Kier molecular flexibility index (Phi) is 5.06. The van der Waals surface area contributed by atoms with Crippen molar-refractivity contribution in [2.45, 2.75) is 33.4 Å². The van der Waals surface area contributed by atoms with Gasteiger partial charge in [0.15, 0.2) is 0 Å². The largest absolute Gasteiger partial charge is 0.497 e. The molecular weight excluding hydrogens is 330 g/mol. The molecule has 3 rings (SSSR count). The van der Waals surface area contributed by atoms with Gasteiger partial charge >= 0.3 is 0 Å². The summed E-state index contributed by atoms with van der Waals surface area (Å²) in [6, 6.07) is 9.14. The number of ether oxygens (including phenoxy) is 1. The highest BCUT2D eigenvalue weighted by Gasteiger charge is 2.17. The summed E-state index contributed by atoms with van der Waals surface area (Å²) in [5, 5.41) is 14.5. The van der Waals surface area contributed by atoms with Crippen LogP contribution in [0.15, 0.2) is 36.5 Å². The fraction of sp³-hybridized carbons (Fsp3) is 0.316. The summed E-state index contributed by atoms with van der Waals surface area (Å²) in [5.41, 5.74) is 3.91. The van der Waals surface area contributed by atoms with E-state index in [1.54, 1.807) is 13.2 Å². The fourth-order valence-corrected chi connectivity index (χ4v) is 2.84. The molecule has 3 aromatic rings. The molecule has 0 aliphatic carbocycles. The lowest BCUT2D eigenvalue weighted by Crippen LogP contribution is -2.27. The number of carbonyl (C=O) groups is 1. The van der Waals surface area contributed by atoms with Crippen molar-refractivity contribution in [3.05, 3.63) is 53.5 Å². The molecule has 26 heavy (non-hydrogen) atoms. The maximum atomic E-state index is 12.5. The number of benzene rings is 1. The van der Waals surface area contributed by atoms with Gasteiger partial charge in [-0.2, -0.15) is 10.2 Å². The number of methoxy groups -OCH3 is 1. The number of aromatic nitrogens is 4. The lowest BCUT2D eigenvalue weighted by Gasteiger charge is -2.12. The number of nitrogens with zero attached hydrogens (tertiary/aromatic N) is 3. The Bertz CT molecular complexity index is 912. The van der Waals surface area contributed by atoms with Gasteiger partial charge in [-0.3, -0.25) is 14.6 Å². The summed E-state index contributed by atoms with van der Waals surface area (Å²) in [7, 11) is 1.62. The van der Waals surface area contributed by atoms with Gasteiger partial charge in [0.05, 0.1) is 24.5 Å². The van der Waals surface area contributed by atoms with Crippen LogP contribution in [0.5, 0.6) is 5.75 Å². The van der Waals surface area contributed by atoms with Crippen LogP contribution in [0.1, 0.15) is 41.6 Å². The van der Waals surface area contributed by atoms with Gasteiger partial charge in [0.1, 0.15) is 11.4 Å². The van der Waals surface area contributed by atoms with Gasteiger partial charge in [-0.15, -0.1) is 0 Å². The number of H-pyrrole nitrogens is 1. The van der Waals surface area contributed by atoms with Gasteiger partial charge in [-0.25, -0.2) is 0 Å². The second-order valence-corrected chi connectivity index (χ2v) is 6.12. The lowest BCUT2D eigenvalue weighted by molar-refractivity contribution is 0.0934. The van der Waals surface area contributed by atoms with Crippen molar-refractivity contribution in [3.63, 3.8) is 0 Å². The van der Waals surface area contributed by atoms with Crippen molar-refractivity contribution in [1.82, 2.24) is 25.3 Å². The normalized spacial score (nSPS) is 12.0. The summed E-state index contributed by atoms with van der Waals surface area (Å²) >= 11 is 0. The second kappa shape index (κ2) is 7.43. The smallest absolute Gasteiger partial charge is 0.269 e. The van der Waals surface area contributed by atoms with E-state index >= 15 is 0 Å². The summed E-state index contributed by atoms with van der Waals surface area (Å²) in [6.07, 6.45) is 1.97. The van der Waals surface area contributed by atoms with Crippen LogP contribution in [0.2, 0.25) is 0 Å². The van der Waals surface area contributed by atoms with Gasteiger partial charge < -0.3 is 10.1 Å². The molecule has 2 N–H and O–H groups in total. The highest BCUT2D eigenvalue weighted by atomic mass is 16.5. The van der Waals surface area contributed by atoms with E-state index in [-0.39, 0.29) is 11.9 Å². The number of nitrogens with one attached hydrogen (secondary N) is 2. The van der Waals surface area contributed by atoms with Gasteiger partial charge in [0.25, 0.3) is 5.91 Å². The Hall–Kier alpha value is -3.09. The summed E-state index contributed by atoms with van der Waals surface area (Å²) in [6.45, 7) is 6.72. The van der Waals surface area contributed by atoms with Crippen LogP contribution >= 0.6 is 0 Å². The third-order valence-electron chi connectivity index (χ3n) is 4.31. The van der Waals surface area contributed by atoms with Crippen LogP contribution in [0, 0.1) is 6.92 Å². The zero-order chi connectivity index (χ0) is 18.7. The molecule has 1 unspecified atom stereocenters. The number of aryl methyl sites for hydroxylation is 2.